The number of nitrogens with one attached hydrogen (secondary N) is 1. The normalized spacial score (nSPS) is 12.5. The molecule has 21 heavy (non-hydrogen) atoms. The van der Waals surface area contributed by atoms with Gasteiger partial charge in [0.25, 0.3) is 0 Å². The molecule has 2 aromatic rings. The van der Waals surface area contributed by atoms with E-state index in [0.717, 1.165) is 17.9 Å². The largest absolute Gasteiger partial charge is 0.462 e. The second-order valence-electron chi connectivity index (χ2n) is 5.20. The molecule has 1 heterocycles. The first kappa shape index (κ1) is 15.1. The highest BCUT2D eigenvalue weighted by molar-refractivity contribution is 6.01. The van der Waals surface area contributed by atoms with E-state index in [1.807, 2.05) is 31.2 Å². The van der Waals surface area contributed by atoms with Crippen molar-refractivity contribution in [3.8, 4) is 0 Å². The molecule has 1 aromatic heterocycles. The highest BCUT2D eigenvalue weighted by Gasteiger charge is 2.03. The van der Waals surface area contributed by atoms with Crippen LogP contribution in [0.1, 0.15) is 43.3 Å². The van der Waals surface area contributed by atoms with Crippen LogP contribution in [0.2, 0.25) is 0 Å². The van der Waals surface area contributed by atoms with Gasteiger partial charge in [-0.3, -0.25) is 4.79 Å². The van der Waals surface area contributed by atoms with Crippen molar-refractivity contribution in [1.82, 2.24) is 0 Å². The number of aryl methyl sites for hydroxylation is 1. The van der Waals surface area contributed by atoms with Crippen molar-refractivity contribution >= 4 is 17.7 Å². The minimum atomic E-state index is -0.166. The van der Waals surface area contributed by atoms with Crippen LogP contribution in [0.4, 0.5) is 5.69 Å². The van der Waals surface area contributed by atoms with E-state index in [1.165, 1.54) is 11.6 Å². The van der Waals surface area contributed by atoms with Crippen molar-refractivity contribution in [3.05, 3.63) is 59.6 Å². The van der Waals surface area contributed by atoms with Crippen LogP contribution in [0.25, 0.3) is 6.08 Å². The first-order chi connectivity index (χ1) is 10.1. The first-order valence-electron chi connectivity index (χ1n) is 7.24. The Morgan fingerprint density at radius 1 is 1.24 bits per heavy atom. The van der Waals surface area contributed by atoms with Gasteiger partial charge in [0, 0.05) is 11.8 Å². The van der Waals surface area contributed by atoms with E-state index >= 15 is 0 Å². The van der Waals surface area contributed by atoms with E-state index in [2.05, 4.69) is 31.3 Å². The summed E-state index contributed by atoms with van der Waals surface area (Å²) in [6, 6.07) is 11.7. The topological polar surface area (TPSA) is 42.2 Å². The van der Waals surface area contributed by atoms with Crippen molar-refractivity contribution in [2.24, 2.45) is 0 Å². The molecule has 0 aliphatic heterocycles. The van der Waals surface area contributed by atoms with Gasteiger partial charge in [-0.1, -0.05) is 26.0 Å². The number of carbonyl (C=O) groups is 1. The number of rotatable bonds is 5. The van der Waals surface area contributed by atoms with Crippen LogP contribution in [0.5, 0.6) is 0 Å². The lowest BCUT2D eigenvalue weighted by atomic mass is 9.99. The molecule has 0 aliphatic carbocycles. The summed E-state index contributed by atoms with van der Waals surface area (Å²) in [5, 5.41) is 2.84. The summed E-state index contributed by atoms with van der Waals surface area (Å²) >= 11 is 0. The third-order valence-electron chi connectivity index (χ3n) is 3.52. The molecule has 1 amide bonds. The Labute approximate surface area is 125 Å². The molecular formula is C18H21NO2. The zero-order chi connectivity index (χ0) is 15.2. The van der Waals surface area contributed by atoms with Crippen molar-refractivity contribution in [2.45, 2.75) is 33.1 Å². The minimum Gasteiger partial charge on any atom is -0.462 e. The van der Waals surface area contributed by atoms with Crippen LogP contribution in [-0.2, 0) is 4.79 Å². The number of hydrogen-bond acceptors (Lipinski definition) is 2. The average Bonchev–Trinajstić information content (AvgIpc) is 2.91. The quantitative estimate of drug-likeness (QED) is 0.804. The Hall–Kier alpha value is -2.29. The van der Waals surface area contributed by atoms with Gasteiger partial charge in [-0.2, -0.15) is 0 Å². The monoisotopic (exact) mass is 283 g/mol. The summed E-state index contributed by atoms with van der Waals surface area (Å²) < 4.78 is 5.37. The lowest BCUT2D eigenvalue weighted by molar-refractivity contribution is -0.111. The number of anilines is 1. The molecule has 0 saturated carbocycles. The van der Waals surface area contributed by atoms with Crippen molar-refractivity contribution in [2.75, 3.05) is 5.32 Å². The molecule has 0 spiro atoms. The van der Waals surface area contributed by atoms with E-state index < -0.39 is 0 Å². The molecule has 0 fully saturated rings. The van der Waals surface area contributed by atoms with Crippen LogP contribution in [-0.4, -0.2) is 5.91 Å². The maximum atomic E-state index is 11.8. The van der Waals surface area contributed by atoms with Crippen LogP contribution in [0.15, 0.2) is 46.9 Å². The lowest BCUT2D eigenvalue weighted by Crippen LogP contribution is -2.07. The Kier molecular flexibility index (Phi) is 4.99. The maximum Gasteiger partial charge on any atom is 0.248 e. The zero-order valence-corrected chi connectivity index (χ0v) is 12.7. The van der Waals surface area contributed by atoms with E-state index in [9.17, 15) is 4.79 Å². The van der Waals surface area contributed by atoms with Crippen molar-refractivity contribution < 1.29 is 9.21 Å². The number of benzene rings is 1. The molecule has 0 aliphatic rings. The molecular weight excluding hydrogens is 262 g/mol. The standard InChI is InChI=1S/C18H21NO2/c1-4-13(2)15-6-8-16(9-7-15)19-18(20)12-11-17-10-5-14(3)21-17/h5-13H,4H2,1-3H3,(H,19,20). The zero-order valence-electron chi connectivity index (χ0n) is 12.7. The summed E-state index contributed by atoms with van der Waals surface area (Å²) in [6.07, 6.45) is 4.24. The molecule has 1 aromatic carbocycles. The first-order valence-corrected chi connectivity index (χ1v) is 7.24. The second kappa shape index (κ2) is 6.93. The molecule has 1 N–H and O–H groups in total. The lowest BCUT2D eigenvalue weighted by Gasteiger charge is -2.09. The van der Waals surface area contributed by atoms with Crippen molar-refractivity contribution in [1.29, 1.82) is 0 Å². The summed E-state index contributed by atoms with van der Waals surface area (Å²) in [6.45, 7) is 6.24. The van der Waals surface area contributed by atoms with Crippen LogP contribution in [0.3, 0.4) is 0 Å². The minimum absolute atomic E-state index is 0.166. The van der Waals surface area contributed by atoms with E-state index in [0.29, 0.717) is 11.7 Å². The second-order valence-corrected chi connectivity index (χ2v) is 5.20. The van der Waals surface area contributed by atoms with Crippen LogP contribution in [0, 0.1) is 6.92 Å². The van der Waals surface area contributed by atoms with Gasteiger partial charge in [0.1, 0.15) is 11.5 Å². The summed E-state index contributed by atoms with van der Waals surface area (Å²) in [5.74, 6) is 1.88. The maximum absolute atomic E-state index is 11.8. The van der Waals surface area contributed by atoms with Gasteiger partial charge in [0.2, 0.25) is 5.91 Å². The highest BCUT2D eigenvalue weighted by atomic mass is 16.3. The molecule has 0 radical (unpaired) electrons. The van der Waals surface area contributed by atoms with Crippen molar-refractivity contribution in [3.63, 3.8) is 0 Å². The van der Waals surface area contributed by atoms with Gasteiger partial charge in [-0.05, 0) is 55.2 Å². The molecule has 1 unspecified atom stereocenters. The van der Waals surface area contributed by atoms with Crippen LogP contribution < -0.4 is 5.32 Å². The molecule has 3 nitrogen and oxygen atoms in total. The Balaban J connectivity index is 1.95. The smallest absolute Gasteiger partial charge is 0.248 e. The SMILES string of the molecule is CCC(C)c1ccc(NC(=O)C=Cc2ccc(C)o2)cc1. The van der Waals surface area contributed by atoms with Gasteiger partial charge in [0.05, 0.1) is 0 Å². The summed E-state index contributed by atoms with van der Waals surface area (Å²) in [7, 11) is 0. The molecule has 0 bridgehead atoms. The van der Waals surface area contributed by atoms with Gasteiger partial charge in [-0.15, -0.1) is 0 Å². The molecule has 3 heteroatoms. The van der Waals surface area contributed by atoms with E-state index in [-0.39, 0.29) is 5.91 Å². The fourth-order valence-corrected chi connectivity index (χ4v) is 2.02. The summed E-state index contributed by atoms with van der Waals surface area (Å²) in [5.41, 5.74) is 2.09. The number of furan rings is 1. The Bertz CT molecular complexity index is 623. The van der Waals surface area contributed by atoms with E-state index in [4.69, 9.17) is 4.42 Å². The van der Waals surface area contributed by atoms with Gasteiger partial charge in [-0.25, -0.2) is 0 Å². The van der Waals surface area contributed by atoms with Gasteiger partial charge in [0.15, 0.2) is 0 Å². The molecule has 110 valence electrons. The average molecular weight is 283 g/mol. The molecule has 1 atom stereocenters. The number of hydrogen-bond donors (Lipinski definition) is 1. The van der Waals surface area contributed by atoms with Gasteiger partial charge >= 0.3 is 0 Å². The molecule has 0 saturated heterocycles. The predicted octanol–water partition coefficient (Wildman–Crippen LogP) is 4.75. The van der Waals surface area contributed by atoms with Crippen LogP contribution >= 0.6 is 0 Å². The third kappa shape index (κ3) is 4.35. The fraction of sp³-hybridized carbons (Fsp3) is 0.278. The highest BCUT2D eigenvalue weighted by Crippen LogP contribution is 2.20. The number of amides is 1. The third-order valence-corrected chi connectivity index (χ3v) is 3.52. The Morgan fingerprint density at radius 2 is 1.95 bits per heavy atom. The summed E-state index contributed by atoms with van der Waals surface area (Å²) in [4.78, 5) is 11.8. The number of carbonyl (C=O) groups excluding carboxylic acids is 1. The fourth-order valence-electron chi connectivity index (χ4n) is 2.02. The van der Waals surface area contributed by atoms with Gasteiger partial charge < -0.3 is 9.73 Å². The molecule has 2 rings (SSSR count). The predicted molar refractivity (Wildman–Crippen MR) is 86.3 cm³/mol. The Morgan fingerprint density at radius 3 is 2.52 bits per heavy atom. The van der Waals surface area contributed by atoms with E-state index in [1.54, 1.807) is 6.08 Å².